The Hall–Kier alpha value is -2.20. The number of amides is 1. The van der Waals surface area contributed by atoms with E-state index in [-0.39, 0.29) is 12.0 Å². The summed E-state index contributed by atoms with van der Waals surface area (Å²) in [6.07, 6.45) is 6.58. The van der Waals surface area contributed by atoms with Crippen LogP contribution in [-0.4, -0.2) is 30.1 Å². The van der Waals surface area contributed by atoms with Crippen LogP contribution in [-0.2, 0) is 11.2 Å². The van der Waals surface area contributed by atoms with Crippen molar-refractivity contribution in [1.82, 2.24) is 4.98 Å². The first-order valence-electron chi connectivity index (χ1n) is 8.20. The number of hydrogen-bond acceptors (Lipinski definition) is 3. The second kappa shape index (κ2) is 7.38. The highest BCUT2D eigenvalue weighted by Gasteiger charge is 2.24. The molecule has 23 heavy (non-hydrogen) atoms. The van der Waals surface area contributed by atoms with Gasteiger partial charge in [0.05, 0.1) is 12.6 Å². The van der Waals surface area contributed by atoms with Gasteiger partial charge in [0, 0.05) is 30.3 Å². The van der Waals surface area contributed by atoms with Crippen LogP contribution in [0.3, 0.4) is 0 Å². The lowest BCUT2D eigenvalue weighted by atomic mass is 10.1. The second-order valence-electron chi connectivity index (χ2n) is 5.81. The van der Waals surface area contributed by atoms with Crippen molar-refractivity contribution < 1.29 is 9.53 Å². The average Bonchev–Trinajstić information content (AvgIpc) is 3.13. The summed E-state index contributed by atoms with van der Waals surface area (Å²) >= 11 is 0. The van der Waals surface area contributed by atoms with Gasteiger partial charge in [-0.15, -0.1) is 0 Å². The zero-order valence-corrected chi connectivity index (χ0v) is 13.4. The number of benzene rings is 1. The van der Waals surface area contributed by atoms with Crippen molar-refractivity contribution in [2.24, 2.45) is 0 Å². The van der Waals surface area contributed by atoms with E-state index in [2.05, 4.69) is 11.9 Å². The van der Waals surface area contributed by atoms with Gasteiger partial charge in [-0.25, -0.2) is 0 Å². The molecule has 1 amide bonds. The maximum Gasteiger partial charge on any atom is 0.258 e. The van der Waals surface area contributed by atoms with Gasteiger partial charge in [-0.3, -0.25) is 9.78 Å². The molecule has 0 N–H and O–H groups in total. The van der Waals surface area contributed by atoms with Crippen LogP contribution in [0.15, 0.2) is 48.8 Å². The highest BCUT2D eigenvalue weighted by molar-refractivity contribution is 6.06. The van der Waals surface area contributed by atoms with Gasteiger partial charge in [0.1, 0.15) is 0 Å². The third-order valence-electron chi connectivity index (χ3n) is 4.24. The van der Waals surface area contributed by atoms with Gasteiger partial charge in [-0.1, -0.05) is 19.1 Å². The monoisotopic (exact) mass is 310 g/mol. The third-order valence-corrected chi connectivity index (χ3v) is 4.24. The van der Waals surface area contributed by atoms with Crippen molar-refractivity contribution in [3.05, 3.63) is 59.9 Å². The standard InChI is InChI=1S/C19H22N2O2/c1-2-15-5-7-16(8-6-15)19(22)21(14-18-4-3-13-23-18)17-9-11-20-12-10-17/h5-12,18H,2-4,13-14H2,1H3/t18-/m0/s1. The summed E-state index contributed by atoms with van der Waals surface area (Å²) in [7, 11) is 0. The van der Waals surface area contributed by atoms with E-state index < -0.39 is 0 Å². The summed E-state index contributed by atoms with van der Waals surface area (Å²) in [6, 6.07) is 11.6. The number of carbonyl (C=O) groups excluding carboxylic acids is 1. The molecular formula is C19H22N2O2. The fourth-order valence-electron chi connectivity index (χ4n) is 2.86. The van der Waals surface area contributed by atoms with Crippen LogP contribution in [0, 0.1) is 0 Å². The maximum atomic E-state index is 13.0. The lowest BCUT2D eigenvalue weighted by molar-refractivity contribution is 0.0917. The van der Waals surface area contributed by atoms with Crippen LogP contribution < -0.4 is 4.90 Å². The molecule has 120 valence electrons. The molecule has 1 aliphatic heterocycles. The minimum Gasteiger partial charge on any atom is -0.376 e. The van der Waals surface area contributed by atoms with Crippen LogP contribution in [0.25, 0.3) is 0 Å². The average molecular weight is 310 g/mol. The molecule has 0 radical (unpaired) electrons. The first kappa shape index (κ1) is 15.7. The number of nitrogens with zero attached hydrogens (tertiary/aromatic N) is 2. The topological polar surface area (TPSA) is 42.4 Å². The predicted molar refractivity (Wildman–Crippen MR) is 90.7 cm³/mol. The Labute approximate surface area is 137 Å². The first-order chi connectivity index (χ1) is 11.3. The highest BCUT2D eigenvalue weighted by Crippen LogP contribution is 2.21. The summed E-state index contributed by atoms with van der Waals surface area (Å²) in [4.78, 5) is 18.8. The van der Waals surface area contributed by atoms with Crippen LogP contribution >= 0.6 is 0 Å². The van der Waals surface area contributed by atoms with Crippen molar-refractivity contribution in [2.75, 3.05) is 18.1 Å². The quantitative estimate of drug-likeness (QED) is 0.849. The van der Waals surface area contributed by atoms with E-state index in [1.54, 1.807) is 17.3 Å². The third kappa shape index (κ3) is 3.77. The van der Waals surface area contributed by atoms with Gasteiger partial charge in [-0.05, 0) is 49.1 Å². The zero-order valence-electron chi connectivity index (χ0n) is 13.4. The molecular weight excluding hydrogens is 288 g/mol. The Morgan fingerprint density at radius 1 is 1.22 bits per heavy atom. The zero-order chi connectivity index (χ0) is 16.1. The minimum atomic E-state index is 0.00866. The fourth-order valence-corrected chi connectivity index (χ4v) is 2.86. The first-order valence-corrected chi connectivity index (χ1v) is 8.20. The van der Waals surface area contributed by atoms with Crippen LogP contribution in [0.5, 0.6) is 0 Å². The number of ether oxygens (including phenoxy) is 1. The molecule has 1 atom stereocenters. The van der Waals surface area contributed by atoms with Crippen LogP contribution in [0.2, 0.25) is 0 Å². The van der Waals surface area contributed by atoms with Crippen molar-refractivity contribution in [3.8, 4) is 0 Å². The second-order valence-corrected chi connectivity index (χ2v) is 5.81. The van der Waals surface area contributed by atoms with Gasteiger partial charge >= 0.3 is 0 Å². The highest BCUT2D eigenvalue weighted by atomic mass is 16.5. The molecule has 4 heteroatoms. The molecule has 1 aromatic heterocycles. The van der Waals surface area contributed by atoms with Gasteiger partial charge < -0.3 is 9.64 Å². The summed E-state index contributed by atoms with van der Waals surface area (Å²) < 4.78 is 5.72. The molecule has 1 fully saturated rings. The van der Waals surface area contributed by atoms with E-state index in [0.29, 0.717) is 12.1 Å². The van der Waals surface area contributed by atoms with Crippen LogP contribution in [0.4, 0.5) is 5.69 Å². The van der Waals surface area contributed by atoms with E-state index >= 15 is 0 Å². The van der Waals surface area contributed by atoms with E-state index in [1.165, 1.54) is 5.56 Å². The number of carbonyl (C=O) groups is 1. The largest absolute Gasteiger partial charge is 0.376 e. The number of aryl methyl sites for hydroxylation is 1. The van der Waals surface area contributed by atoms with E-state index in [4.69, 9.17) is 4.74 Å². The summed E-state index contributed by atoms with van der Waals surface area (Å²) in [5, 5.41) is 0. The summed E-state index contributed by atoms with van der Waals surface area (Å²) in [5.74, 6) is 0.00866. The van der Waals surface area contributed by atoms with E-state index in [1.807, 2.05) is 36.4 Å². The van der Waals surface area contributed by atoms with Gasteiger partial charge in [-0.2, -0.15) is 0 Å². The SMILES string of the molecule is CCc1ccc(C(=O)N(C[C@@H]2CCCO2)c2ccncc2)cc1. The Kier molecular flexibility index (Phi) is 5.03. The molecule has 1 aromatic carbocycles. The molecule has 0 spiro atoms. The number of pyridine rings is 1. The fraction of sp³-hybridized carbons (Fsp3) is 0.368. The van der Waals surface area contributed by atoms with E-state index in [9.17, 15) is 4.79 Å². The van der Waals surface area contributed by atoms with E-state index in [0.717, 1.165) is 31.6 Å². The van der Waals surface area contributed by atoms with Crippen molar-refractivity contribution in [3.63, 3.8) is 0 Å². The molecule has 2 aromatic rings. The molecule has 4 nitrogen and oxygen atoms in total. The minimum absolute atomic E-state index is 0.00866. The number of rotatable bonds is 5. The molecule has 0 saturated carbocycles. The van der Waals surface area contributed by atoms with Gasteiger partial charge in [0.25, 0.3) is 5.91 Å². The lowest BCUT2D eigenvalue weighted by Gasteiger charge is -2.25. The number of anilines is 1. The summed E-state index contributed by atoms with van der Waals surface area (Å²) in [6.45, 7) is 3.48. The molecule has 1 aliphatic rings. The number of hydrogen-bond donors (Lipinski definition) is 0. The smallest absolute Gasteiger partial charge is 0.258 e. The van der Waals surface area contributed by atoms with Gasteiger partial charge in [0.15, 0.2) is 0 Å². The predicted octanol–water partition coefficient (Wildman–Crippen LogP) is 3.47. The molecule has 3 rings (SSSR count). The Morgan fingerprint density at radius 2 is 1.96 bits per heavy atom. The molecule has 2 heterocycles. The number of aromatic nitrogens is 1. The van der Waals surface area contributed by atoms with Crippen LogP contribution in [0.1, 0.15) is 35.7 Å². The van der Waals surface area contributed by atoms with Crippen molar-refractivity contribution in [2.45, 2.75) is 32.3 Å². The summed E-state index contributed by atoms with van der Waals surface area (Å²) in [5.41, 5.74) is 2.80. The Balaban J connectivity index is 1.85. The molecule has 1 saturated heterocycles. The lowest BCUT2D eigenvalue weighted by Crippen LogP contribution is -2.37. The Morgan fingerprint density at radius 3 is 2.57 bits per heavy atom. The Bertz CT molecular complexity index is 634. The van der Waals surface area contributed by atoms with Gasteiger partial charge in [0.2, 0.25) is 0 Å². The molecule has 0 unspecified atom stereocenters. The molecule has 0 aliphatic carbocycles. The molecule has 0 bridgehead atoms. The van der Waals surface area contributed by atoms with Crippen molar-refractivity contribution in [1.29, 1.82) is 0 Å². The van der Waals surface area contributed by atoms with Crippen molar-refractivity contribution >= 4 is 11.6 Å². The normalized spacial score (nSPS) is 17.2. The maximum absolute atomic E-state index is 13.0.